The van der Waals surface area contributed by atoms with Crippen LogP contribution in [0.3, 0.4) is 0 Å². The molecule has 0 saturated carbocycles. The summed E-state index contributed by atoms with van der Waals surface area (Å²) in [7, 11) is -1.53. The first-order chi connectivity index (χ1) is 8.32. The molecule has 0 aliphatic rings. The number of nitrogens with one attached hydrogen (secondary N) is 2. The molecule has 2 rings (SSSR count). The zero-order valence-electron chi connectivity index (χ0n) is 10.2. The van der Waals surface area contributed by atoms with Gasteiger partial charge in [-0.15, -0.1) is 0 Å². The summed E-state index contributed by atoms with van der Waals surface area (Å²) >= 11 is 0. The summed E-state index contributed by atoms with van der Waals surface area (Å²) in [5.41, 5.74) is 0.129. The van der Waals surface area contributed by atoms with Crippen molar-refractivity contribution in [3.8, 4) is 5.75 Å². The molecule has 1 heterocycles. The number of benzene rings is 1. The van der Waals surface area contributed by atoms with Crippen LogP contribution >= 0.6 is 0 Å². The van der Waals surface area contributed by atoms with Crippen molar-refractivity contribution in [1.82, 2.24) is 9.97 Å². The molecule has 0 fully saturated rings. The maximum atomic E-state index is 11.9. The summed E-state index contributed by atoms with van der Waals surface area (Å²) in [6.45, 7) is 1.66. The SMILES string of the molecule is COc1cc2c(=O)[nH]c(C)nc2cc1S(C)(=N)=O. The van der Waals surface area contributed by atoms with Crippen LogP contribution in [0.25, 0.3) is 10.9 Å². The zero-order chi connectivity index (χ0) is 13.5. The molecule has 0 bridgehead atoms. The first-order valence-electron chi connectivity index (χ1n) is 5.15. The van der Waals surface area contributed by atoms with Crippen molar-refractivity contribution in [2.75, 3.05) is 13.4 Å². The Bertz CT molecular complexity index is 778. The van der Waals surface area contributed by atoms with Gasteiger partial charge < -0.3 is 9.72 Å². The maximum Gasteiger partial charge on any atom is 0.258 e. The second-order valence-corrected chi connectivity index (χ2v) is 6.14. The highest BCUT2D eigenvalue weighted by molar-refractivity contribution is 7.91. The van der Waals surface area contributed by atoms with Gasteiger partial charge in [-0.3, -0.25) is 4.79 Å². The Morgan fingerprint density at radius 1 is 1.44 bits per heavy atom. The monoisotopic (exact) mass is 267 g/mol. The minimum absolute atomic E-state index is 0.245. The summed E-state index contributed by atoms with van der Waals surface area (Å²) in [6, 6.07) is 2.94. The topological polar surface area (TPSA) is 95.9 Å². The molecule has 0 spiro atoms. The van der Waals surface area contributed by atoms with Gasteiger partial charge in [0.15, 0.2) is 0 Å². The maximum absolute atomic E-state index is 11.9. The number of fused-ring (bicyclic) bond motifs is 1. The number of aryl methyl sites for hydroxylation is 1. The van der Waals surface area contributed by atoms with Gasteiger partial charge in [0.1, 0.15) is 11.6 Å². The first-order valence-corrected chi connectivity index (χ1v) is 7.12. The molecule has 7 heteroatoms. The predicted molar refractivity (Wildman–Crippen MR) is 68.7 cm³/mol. The molecular weight excluding hydrogens is 254 g/mol. The Kier molecular flexibility index (Phi) is 2.86. The third kappa shape index (κ3) is 2.08. The highest BCUT2D eigenvalue weighted by Gasteiger charge is 2.14. The fraction of sp³-hybridized carbons (Fsp3) is 0.273. The lowest BCUT2D eigenvalue weighted by Gasteiger charge is -2.09. The molecule has 96 valence electrons. The van der Waals surface area contributed by atoms with Crippen molar-refractivity contribution < 1.29 is 8.95 Å². The molecule has 0 aliphatic heterocycles. The summed E-state index contributed by atoms with van der Waals surface area (Å²) in [4.78, 5) is 18.8. The van der Waals surface area contributed by atoms with Crippen LogP contribution in [0.1, 0.15) is 5.82 Å². The summed E-state index contributed by atoms with van der Waals surface area (Å²) < 4.78 is 24.6. The lowest BCUT2D eigenvalue weighted by Crippen LogP contribution is -2.11. The fourth-order valence-electron chi connectivity index (χ4n) is 1.73. The molecule has 0 saturated heterocycles. The number of H-pyrrole nitrogens is 1. The molecule has 0 radical (unpaired) electrons. The number of hydrogen-bond donors (Lipinski definition) is 2. The first kappa shape index (κ1) is 12.6. The van der Waals surface area contributed by atoms with Crippen LogP contribution < -0.4 is 10.3 Å². The highest BCUT2D eigenvalue weighted by atomic mass is 32.2. The molecule has 0 aliphatic carbocycles. The van der Waals surface area contributed by atoms with E-state index in [0.717, 1.165) is 0 Å². The quantitative estimate of drug-likeness (QED) is 0.856. The van der Waals surface area contributed by atoms with E-state index in [2.05, 4.69) is 9.97 Å². The van der Waals surface area contributed by atoms with E-state index in [-0.39, 0.29) is 16.2 Å². The van der Waals surface area contributed by atoms with Crippen LogP contribution in [0.5, 0.6) is 5.75 Å². The number of ether oxygens (including phenoxy) is 1. The Labute approximate surface area is 104 Å². The van der Waals surface area contributed by atoms with Gasteiger partial charge in [0, 0.05) is 6.26 Å². The second-order valence-electron chi connectivity index (χ2n) is 4.02. The van der Waals surface area contributed by atoms with Crippen LogP contribution in [-0.4, -0.2) is 27.5 Å². The molecule has 1 atom stereocenters. The minimum Gasteiger partial charge on any atom is -0.495 e. The molecule has 1 aromatic heterocycles. The number of hydrogen-bond acceptors (Lipinski definition) is 5. The van der Waals surface area contributed by atoms with Crippen LogP contribution in [0.15, 0.2) is 21.8 Å². The van der Waals surface area contributed by atoms with E-state index in [9.17, 15) is 9.00 Å². The molecule has 0 amide bonds. The standard InChI is InChI=1S/C11H13N3O3S/c1-6-13-8-5-10(18(3,12)16)9(17-2)4-7(8)11(15)14-6/h4-5,12H,1-3H3,(H,13,14,15). The lowest BCUT2D eigenvalue weighted by molar-refractivity contribution is 0.404. The number of nitrogens with zero attached hydrogens (tertiary/aromatic N) is 1. The zero-order valence-corrected chi connectivity index (χ0v) is 11.1. The van der Waals surface area contributed by atoms with Crippen molar-refractivity contribution in [2.24, 2.45) is 0 Å². The largest absolute Gasteiger partial charge is 0.495 e. The van der Waals surface area contributed by atoms with Crippen LogP contribution in [0, 0.1) is 11.7 Å². The molecule has 1 unspecified atom stereocenters. The third-order valence-corrected chi connectivity index (χ3v) is 3.69. The average Bonchev–Trinajstić information content (AvgIpc) is 2.26. The lowest BCUT2D eigenvalue weighted by atomic mass is 10.2. The molecule has 1 aromatic carbocycles. The molecule has 6 nitrogen and oxygen atoms in total. The number of aromatic amines is 1. The molecule has 18 heavy (non-hydrogen) atoms. The van der Waals surface area contributed by atoms with E-state index < -0.39 is 9.73 Å². The predicted octanol–water partition coefficient (Wildman–Crippen LogP) is 1.28. The van der Waals surface area contributed by atoms with Crippen molar-refractivity contribution >= 4 is 20.6 Å². The Hall–Kier alpha value is -1.89. The smallest absolute Gasteiger partial charge is 0.258 e. The van der Waals surface area contributed by atoms with Gasteiger partial charge in [-0.1, -0.05) is 0 Å². The van der Waals surface area contributed by atoms with Crippen molar-refractivity contribution in [1.29, 1.82) is 4.78 Å². The van der Waals surface area contributed by atoms with E-state index in [0.29, 0.717) is 16.7 Å². The average molecular weight is 267 g/mol. The fourth-order valence-corrected chi connectivity index (χ4v) is 2.59. The van der Waals surface area contributed by atoms with Gasteiger partial charge in [-0.25, -0.2) is 14.0 Å². The van der Waals surface area contributed by atoms with Crippen LogP contribution in [0.2, 0.25) is 0 Å². The summed E-state index contributed by atoms with van der Waals surface area (Å²) in [5, 5.41) is 0.352. The second kappa shape index (κ2) is 4.09. The van der Waals surface area contributed by atoms with Crippen molar-refractivity contribution in [3.63, 3.8) is 0 Å². The van der Waals surface area contributed by atoms with E-state index >= 15 is 0 Å². The molecule has 2 N–H and O–H groups in total. The summed E-state index contributed by atoms with van der Waals surface area (Å²) in [5.74, 6) is 0.734. The van der Waals surface area contributed by atoms with Gasteiger partial charge in [-0.2, -0.15) is 0 Å². The van der Waals surface area contributed by atoms with Crippen molar-refractivity contribution in [2.45, 2.75) is 11.8 Å². The van der Waals surface area contributed by atoms with E-state index in [1.165, 1.54) is 25.5 Å². The number of aromatic nitrogens is 2. The van der Waals surface area contributed by atoms with E-state index in [4.69, 9.17) is 9.52 Å². The van der Waals surface area contributed by atoms with Crippen LogP contribution in [-0.2, 0) is 9.73 Å². The molecular formula is C11H13N3O3S. The number of rotatable bonds is 2. The highest BCUT2D eigenvalue weighted by Crippen LogP contribution is 2.27. The summed E-state index contributed by atoms with van der Waals surface area (Å²) in [6.07, 6.45) is 1.30. The van der Waals surface area contributed by atoms with E-state index in [1.807, 2.05) is 0 Å². The Morgan fingerprint density at radius 2 is 2.11 bits per heavy atom. The van der Waals surface area contributed by atoms with Gasteiger partial charge >= 0.3 is 0 Å². The van der Waals surface area contributed by atoms with Gasteiger partial charge in [0.05, 0.1) is 32.6 Å². The van der Waals surface area contributed by atoms with Crippen LogP contribution in [0.4, 0.5) is 0 Å². The van der Waals surface area contributed by atoms with Gasteiger partial charge in [0.25, 0.3) is 5.56 Å². The Balaban J connectivity index is 2.95. The van der Waals surface area contributed by atoms with E-state index in [1.54, 1.807) is 6.92 Å². The van der Waals surface area contributed by atoms with Gasteiger partial charge in [-0.05, 0) is 19.1 Å². The Morgan fingerprint density at radius 3 is 2.67 bits per heavy atom. The van der Waals surface area contributed by atoms with Crippen molar-refractivity contribution in [3.05, 3.63) is 28.3 Å². The minimum atomic E-state index is -2.94. The third-order valence-electron chi connectivity index (χ3n) is 2.53. The van der Waals surface area contributed by atoms with Gasteiger partial charge in [0.2, 0.25) is 0 Å². The molecule has 2 aromatic rings. The normalized spacial score (nSPS) is 14.4. The number of methoxy groups -OCH3 is 1.